The molecule has 2 aromatic heterocycles. The summed E-state index contributed by atoms with van der Waals surface area (Å²) < 4.78 is 0. The normalized spacial score (nSPS) is 16.0. The number of piperidine rings is 1. The number of nitrogens with one attached hydrogen (secondary N) is 2. The van der Waals surface area contributed by atoms with E-state index in [1.807, 2.05) is 18.2 Å². The summed E-state index contributed by atoms with van der Waals surface area (Å²) in [5.74, 6) is 5.67. The van der Waals surface area contributed by atoms with Crippen LogP contribution in [-0.4, -0.2) is 45.0 Å². The molecular formula is C25H28N8O2. The van der Waals surface area contributed by atoms with Crippen LogP contribution >= 0.6 is 0 Å². The van der Waals surface area contributed by atoms with Crippen LogP contribution in [0.4, 0.5) is 11.4 Å². The van der Waals surface area contributed by atoms with Crippen LogP contribution in [-0.2, 0) is 9.59 Å². The Morgan fingerprint density at radius 1 is 1.20 bits per heavy atom. The molecule has 1 fully saturated rings. The van der Waals surface area contributed by atoms with Gasteiger partial charge in [0.2, 0.25) is 11.8 Å². The van der Waals surface area contributed by atoms with Crippen molar-refractivity contribution in [1.29, 1.82) is 0 Å². The highest BCUT2D eigenvalue weighted by Gasteiger charge is 2.27. The highest BCUT2D eigenvalue weighted by atomic mass is 16.2. The number of aromatic amines is 1. The largest absolute Gasteiger partial charge is 0.396 e. The lowest BCUT2D eigenvalue weighted by Gasteiger charge is -2.31. The molecule has 0 radical (unpaired) electrons. The molecule has 0 unspecified atom stereocenters. The molecule has 1 aromatic carbocycles. The molecule has 1 aliphatic heterocycles. The van der Waals surface area contributed by atoms with Crippen LogP contribution < -0.4 is 21.9 Å². The first-order chi connectivity index (χ1) is 16.9. The number of H-pyrrole nitrogens is 1. The molecule has 0 aliphatic carbocycles. The number of hydrazine groups is 1. The van der Waals surface area contributed by atoms with Crippen molar-refractivity contribution in [3.8, 4) is 11.4 Å². The maximum Gasteiger partial charge on any atom is 0.245 e. The lowest BCUT2D eigenvalue weighted by atomic mass is 9.97. The van der Waals surface area contributed by atoms with E-state index < -0.39 is 0 Å². The minimum absolute atomic E-state index is 0.115. The van der Waals surface area contributed by atoms with Gasteiger partial charge in [-0.25, -0.2) is 10.8 Å². The molecule has 4 rings (SSSR count). The van der Waals surface area contributed by atoms with Crippen molar-refractivity contribution in [2.75, 3.05) is 23.4 Å². The van der Waals surface area contributed by atoms with Gasteiger partial charge < -0.3 is 16.0 Å². The lowest BCUT2D eigenvalue weighted by Crippen LogP contribution is -2.43. The Morgan fingerprint density at radius 2 is 2.00 bits per heavy atom. The van der Waals surface area contributed by atoms with Crippen LogP contribution in [0.3, 0.4) is 0 Å². The van der Waals surface area contributed by atoms with Gasteiger partial charge in [-0.3, -0.25) is 19.7 Å². The zero-order valence-electron chi connectivity index (χ0n) is 19.2. The molecule has 0 saturated carbocycles. The fourth-order valence-corrected chi connectivity index (χ4v) is 3.92. The number of benzene rings is 1. The molecule has 3 heterocycles. The number of anilines is 2. The van der Waals surface area contributed by atoms with Gasteiger partial charge in [-0.05, 0) is 61.4 Å². The van der Waals surface area contributed by atoms with E-state index >= 15 is 0 Å². The van der Waals surface area contributed by atoms with Crippen molar-refractivity contribution >= 4 is 28.9 Å². The van der Waals surface area contributed by atoms with E-state index in [-0.39, 0.29) is 17.7 Å². The number of nitrogens with zero attached hydrogens (tertiary/aromatic N) is 4. The van der Waals surface area contributed by atoms with Crippen molar-refractivity contribution in [2.24, 2.45) is 17.5 Å². The van der Waals surface area contributed by atoms with E-state index in [4.69, 9.17) is 11.6 Å². The van der Waals surface area contributed by atoms with E-state index in [1.54, 1.807) is 47.6 Å². The number of nitrogens with two attached hydrogens (primary N) is 2. The topological polar surface area (TPSA) is 146 Å². The van der Waals surface area contributed by atoms with Gasteiger partial charge in [0.15, 0.2) is 0 Å². The van der Waals surface area contributed by atoms with Crippen LogP contribution in [0.5, 0.6) is 0 Å². The van der Waals surface area contributed by atoms with Crippen molar-refractivity contribution in [2.45, 2.75) is 12.8 Å². The second-order valence-electron chi connectivity index (χ2n) is 8.23. The minimum atomic E-state index is -0.258. The van der Waals surface area contributed by atoms with Crippen LogP contribution in [0, 0.1) is 5.92 Å². The predicted molar refractivity (Wildman–Crippen MR) is 135 cm³/mol. The number of carbonyl (C=O) groups is 2. The van der Waals surface area contributed by atoms with Gasteiger partial charge >= 0.3 is 0 Å². The van der Waals surface area contributed by atoms with Crippen LogP contribution in [0.15, 0.2) is 73.6 Å². The van der Waals surface area contributed by atoms with Crippen LogP contribution in [0.1, 0.15) is 18.5 Å². The SMILES string of the molecule is C=CC(=O)N1CCC[C@H](C(=O)Nc2ccc(N(N)/C=C(\N)c3cccc(-c4ccn[nH]4)n3)cc2)C1. The molecule has 0 spiro atoms. The first-order valence-electron chi connectivity index (χ1n) is 11.3. The molecular weight excluding hydrogens is 444 g/mol. The average molecular weight is 473 g/mol. The number of aromatic nitrogens is 3. The summed E-state index contributed by atoms with van der Waals surface area (Å²) in [4.78, 5) is 30.8. The first kappa shape index (κ1) is 23.7. The summed E-state index contributed by atoms with van der Waals surface area (Å²) in [5.41, 5.74) is 10.0. The van der Waals surface area contributed by atoms with Gasteiger partial charge in [0, 0.05) is 31.2 Å². The quantitative estimate of drug-likeness (QED) is 0.235. The molecule has 1 saturated heterocycles. The number of likely N-dealkylation sites (tertiary alicyclic amines) is 1. The first-order valence-corrected chi connectivity index (χ1v) is 11.3. The van der Waals surface area contributed by atoms with Crippen molar-refractivity contribution in [3.05, 3.63) is 79.3 Å². The number of hydrogen-bond acceptors (Lipinski definition) is 7. The number of amides is 2. The minimum Gasteiger partial charge on any atom is -0.396 e. The fourth-order valence-electron chi connectivity index (χ4n) is 3.92. The Hall–Kier alpha value is -4.44. The fraction of sp³-hybridized carbons (Fsp3) is 0.200. The molecule has 35 heavy (non-hydrogen) atoms. The van der Waals surface area contributed by atoms with Crippen molar-refractivity contribution in [1.82, 2.24) is 20.1 Å². The summed E-state index contributed by atoms with van der Waals surface area (Å²) in [7, 11) is 0. The molecule has 180 valence electrons. The highest BCUT2D eigenvalue weighted by molar-refractivity contribution is 5.94. The van der Waals surface area contributed by atoms with Crippen LogP contribution in [0.2, 0.25) is 0 Å². The summed E-state index contributed by atoms with van der Waals surface area (Å²) >= 11 is 0. The molecule has 0 bridgehead atoms. The highest BCUT2D eigenvalue weighted by Crippen LogP contribution is 2.22. The monoisotopic (exact) mass is 472 g/mol. The summed E-state index contributed by atoms with van der Waals surface area (Å²) in [6.45, 7) is 4.56. The number of rotatable bonds is 7. The van der Waals surface area contributed by atoms with E-state index in [0.29, 0.717) is 35.9 Å². The van der Waals surface area contributed by atoms with E-state index in [2.05, 4.69) is 27.1 Å². The Kier molecular flexibility index (Phi) is 7.22. The standard InChI is InChI=1S/C25H28N8O2/c1-2-24(34)32-14-4-5-17(15-32)25(35)29-18-8-10-19(11-9-18)33(27)16-20(26)21-6-3-7-22(30-21)23-12-13-28-31-23/h2-3,6-13,16-17H,1,4-5,14-15,26-27H2,(H,28,31)(H,29,35)/b20-16-/t17-/m0/s1. The number of carbonyl (C=O) groups excluding carboxylic acids is 2. The van der Waals surface area contributed by atoms with Gasteiger partial charge in [0.05, 0.1) is 34.4 Å². The zero-order chi connectivity index (χ0) is 24.8. The molecule has 1 atom stereocenters. The number of pyridine rings is 1. The van der Waals surface area contributed by atoms with Gasteiger partial charge in [0.25, 0.3) is 0 Å². The third-order valence-corrected chi connectivity index (χ3v) is 5.81. The smallest absolute Gasteiger partial charge is 0.245 e. The van der Waals surface area contributed by atoms with Gasteiger partial charge in [-0.2, -0.15) is 5.10 Å². The Balaban J connectivity index is 1.39. The third-order valence-electron chi connectivity index (χ3n) is 5.81. The predicted octanol–water partition coefficient (Wildman–Crippen LogP) is 2.47. The average Bonchev–Trinajstić information content (AvgIpc) is 3.44. The van der Waals surface area contributed by atoms with E-state index in [1.165, 1.54) is 11.1 Å². The Morgan fingerprint density at radius 3 is 2.71 bits per heavy atom. The maximum absolute atomic E-state index is 12.7. The Bertz CT molecular complexity index is 1220. The van der Waals surface area contributed by atoms with Gasteiger partial charge in [-0.1, -0.05) is 12.6 Å². The van der Waals surface area contributed by atoms with Gasteiger partial charge in [0.1, 0.15) is 0 Å². The molecule has 10 heteroatoms. The van der Waals surface area contributed by atoms with E-state index in [9.17, 15) is 9.59 Å². The summed E-state index contributed by atoms with van der Waals surface area (Å²) in [6, 6.07) is 14.4. The molecule has 2 amide bonds. The maximum atomic E-state index is 12.7. The Labute approximate surface area is 203 Å². The second-order valence-corrected chi connectivity index (χ2v) is 8.23. The molecule has 6 N–H and O–H groups in total. The molecule has 10 nitrogen and oxygen atoms in total. The van der Waals surface area contributed by atoms with Crippen molar-refractivity contribution < 1.29 is 9.59 Å². The second kappa shape index (κ2) is 10.7. The third kappa shape index (κ3) is 5.74. The number of hydrogen-bond donors (Lipinski definition) is 4. The van der Waals surface area contributed by atoms with E-state index in [0.717, 1.165) is 24.2 Å². The molecule has 3 aromatic rings. The molecule has 1 aliphatic rings. The van der Waals surface area contributed by atoms with Gasteiger partial charge in [-0.15, -0.1) is 0 Å². The van der Waals surface area contributed by atoms with Crippen molar-refractivity contribution in [3.63, 3.8) is 0 Å². The van der Waals surface area contributed by atoms with Crippen LogP contribution in [0.25, 0.3) is 17.1 Å². The summed E-state index contributed by atoms with van der Waals surface area (Å²) in [5, 5.41) is 11.1. The summed E-state index contributed by atoms with van der Waals surface area (Å²) in [6.07, 6.45) is 6.04. The zero-order valence-corrected chi connectivity index (χ0v) is 19.2. The lowest BCUT2D eigenvalue weighted by molar-refractivity contribution is -0.130.